The molecule has 2 N–H and O–H groups in total. The second-order valence-corrected chi connectivity index (χ2v) is 4.77. The van der Waals surface area contributed by atoms with Crippen molar-refractivity contribution < 1.29 is 14.3 Å². The fourth-order valence-corrected chi connectivity index (χ4v) is 2.52. The lowest BCUT2D eigenvalue weighted by Gasteiger charge is -2.28. The summed E-state index contributed by atoms with van der Waals surface area (Å²) in [5, 5.41) is 11.6. The van der Waals surface area contributed by atoms with Gasteiger partial charge in [0.05, 0.1) is 12.3 Å². The summed E-state index contributed by atoms with van der Waals surface area (Å²) in [5.41, 5.74) is 0.174. The molecule has 0 atom stereocenters. The highest BCUT2D eigenvalue weighted by Gasteiger charge is 2.26. The number of rotatable bonds is 4. The van der Waals surface area contributed by atoms with Crippen molar-refractivity contribution in [2.75, 3.05) is 18.5 Å². The van der Waals surface area contributed by atoms with E-state index in [0.29, 0.717) is 0 Å². The molecule has 1 aromatic carbocycles. The minimum Gasteiger partial charge on any atom is -0.395 e. The van der Waals surface area contributed by atoms with Crippen LogP contribution in [0.2, 0.25) is 0 Å². The first-order valence-corrected chi connectivity index (χ1v) is 6.65. The van der Waals surface area contributed by atoms with Gasteiger partial charge in [-0.15, -0.1) is 0 Å². The van der Waals surface area contributed by atoms with Crippen LogP contribution in [0.4, 0.5) is 14.9 Å². The molecule has 1 aliphatic rings. The van der Waals surface area contributed by atoms with Crippen molar-refractivity contribution in [1.82, 2.24) is 4.90 Å². The van der Waals surface area contributed by atoms with E-state index in [-0.39, 0.29) is 30.9 Å². The van der Waals surface area contributed by atoms with Crippen molar-refractivity contribution in [2.24, 2.45) is 0 Å². The van der Waals surface area contributed by atoms with Crippen LogP contribution in [0.15, 0.2) is 24.3 Å². The number of para-hydroxylation sites is 1. The molecular weight excluding hydrogens is 247 g/mol. The highest BCUT2D eigenvalue weighted by molar-refractivity contribution is 5.89. The van der Waals surface area contributed by atoms with Crippen LogP contribution in [0.5, 0.6) is 0 Å². The van der Waals surface area contributed by atoms with Crippen molar-refractivity contribution >= 4 is 11.7 Å². The largest absolute Gasteiger partial charge is 0.395 e. The van der Waals surface area contributed by atoms with Crippen molar-refractivity contribution in [3.63, 3.8) is 0 Å². The molecule has 104 valence electrons. The van der Waals surface area contributed by atoms with Gasteiger partial charge in [-0.3, -0.25) is 0 Å². The maximum atomic E-state index is 13.5. The fourth-order valence-electron chi connectivity index (χ4n) is 2.52. The van der Waals surface area contributed by atoms with Gasteiger partial charge in [0.2, 0.25) is 0 Å². The van der Waals surface area contributed by atoms with Crippen molar-refractivity contribution in [1.29, 1.82) is 0 Å². The molecule has 5 heteroatoms. The highest BCUT2D eigenvalue weighted by Crippen LogP contribution is 2.24. The second kappa shape index (κ2) is 6.52. The van der Waals surface area contributed by atoms with Crippen LogP contribution in [0.1, 0.15) is 25.7 Å². The van der Waals surface area contributed by atoms with Crippen LogP contribution in [0.3, 0.4) is 0 Å². The normalized spacial score (nSPS) is 15.5. The maximum absolute atomic E-state index is 13.5. The Hall–Kier alpha value is -1.62. The number of aliphatic hydroxyl groups excluding tert-OH is 1. The molecule has 4 nitrogen and oxygen atoms in total. The van der Waals surface area contributed by atoms with Crippen LogP contribution in [0, 0.1) is 5.82 Å². The van der Waals surface area contributed by atoms with E-state index in [2.05, 4.69) is 5.32 Å². The van der Waals surface area contributed by atoms with Gasteiger partial charge >= 0.3 is 6.03 Å². The Morgan fingerprint density at radius 2 is 2.05 bits per heavy atom. The zero-order chi connectivity index (χ0) is 13.7. The number of hydrogen-bond donors (Lipinski definition) is 2. The first kappa shape index (κ1) is 13.8. The molecule has 1 aromatic rings. The summed E-state index contributed by atoms with van der Waals surface area (Å²) in [6.45, 7) is 0.201. The molecule has 0 saturated heterocycles. The van der Waals surface area contributed by atoms with Crippen LogP contribution in [0.25, 0.3) is 0 Å². The first-order valence-electron chi connectivity index (χ1n) is 6.65. The van der Waals surface area contributed by atoms with Gasteiger partial charge in [0, 0.05) is 12.6 Å². The summed E-state index contributed by atoms with van der Waals surface area (Å²) >= 11 is 0. The number of urea groups is 1. The number of nitrogens with zero attached hydrogens (tertiary/aromatic N) is 1. The van der Waals surface area contributed by atoms with Crippen molar-refractivity contribution in [3.8, 4) is 0 Å². The quantitative estimate of drug-likeness (QED) is 0.880. The van der Waals surface area contributed by atoms with Gasteiger partial charge < -0.3 is 15.3 Å². The number of aliphatic hydroxyl groups is 1. The van der Waals surface area contributed by atoms with Crippen LogP contribution in [-0.4, -0.2) is 35.2 Å². The molecule has 1 fully saturated rings. The predicted octanol–water partition coefficient (Wildman–Crippen LogP) is 2.59. The number of hydrogen-bond acceptors (Lipinski definition) is 2. The maximum Gasteiger partial charge on any atom is 0.322 e. The number of nitrogens with one attached hydrogen (secondary N) is 1. The number of carbonyl (C=O) groups excluding carboxylic acids is 1. The van der Waals surface area contributed by atoms with Gasteiger partial charge in [0.1, 0.15) is 5.82 Å². The molecule has 19 heavy (non-hydrogen) atoms. The molecule has 1 saturated carbocycles. The Balaban J connectivity index is 2.05. The number of halogens is 1. The van der Waals surface area contributed by atoms with E-state index in [9.17, 15) is 9.18 Å². The third kappa shape index (κ3) is 3.44. The molecule has 2 amide bonds. The van der Waals surface area contributed by atoms with Gasteiger partial charge in [0.15, 0.2) is 0 Å². The minimum absolute atomic E-state index is 0.0822. The molecule has 0 unspecified atom stereocenters. The Labute approximate surface area is 112 Å². The van der Waals surface area contributed by atoms with E-state index < -0.39 is 5.82 Å². The van der Waals surface area contributed by atoms with Crippen LogP contribution < -0.4 is 5.32 Å². The number of benzene rings is 1. The molecule has 0 bridgehead atoms. The smallest absolute Gasteiger partial charge is 0.322 e. The van der Waals surface area contributed by atoms with Gasteiger partial charge in [-0.2, -0.15) is 0 Å². The zero-order valence-electron chi connectivity index (χ0n) is 10.8. The number of anilines is 1. The van der Waals surface area contributed by atoms with E-state index in [1.54, 1.807) is 17.0 Å². The van der Waals surface area contributed by atoms with Gasteiger partial charge in [0.25, 0.3) is 0 Å². The first-order chi connectivity index (χ1) is 9.22. The molecular formula is C14H19FN2O2. The van der Waals surface area contributed by atoms with E-state index >= 15 is 0 Å². The van der Waals surface area contributed by atoms with Crippen LogP contribution >= 0.6 is 0 Å². The lowest BCUT2D eigenvalue weighted by atomic mass is 10.2. The lowest BCUT2D eigenvalue weighted by Crippen LogP contribution is -2.43. The summed E-state index contributed by atoms with van der Waals surface area (Å²) in [6, 6.07) is 5.89. The molecule has 0 spiro atoms. The summed E-state index contributed by atoms with van der Waals surface area (Å²) in [4.78, 5) is 13.8. The molecule has 1 aliphatic carbocycles. The van der Waals surface area contributed by atoms with E-state index in [4.69, 9.17) is 5.11 Å². The van der Waals surface area contributed by atoms with Crippen molar-refractivity contribution in [2.45, 2.75) is 31.7 Å². The Morgan fingerprint density at radius 1 is 1.37 bits per heavy atom. The lowest BCUT2D eigenvalue weighted by molar-refractivity contribution is 0.163. The summed E-state index contributed by atoms with van der Waals surface area (Å²) in [5.74, 6) is -0.453. The predicted molar refractivity (Wildman–Crippen MR) is 71.5 cm³/mol. The molecule has 2 rings (SSSR count). The topological polar surface area (TPSA) is 52.6 Å². The number of amides is 2. The number of carbonyl (C=O) groups is 1. The summed E-state index contributed by atoms with van der Waals surface area (Å²) in [6.07, 6.45) is 4.09. The van der Waals surface area contributed by atoms with E-state index in [1.807, 2.05) is 0 Å². The molecule has 0 radical (unpaired) electrons. The zero-order valence-corrected chi connectivity index (χ0v) is 10.8. The fraction of sp³-hybridized carbons (Fsp3) is 0.500. The minimum atomic E-state index is -0.453. The monoisotopic (exact) mass is 266 g/mol. The van der Waals surface area contributed by atoms with Crippen LogP contribution in [-0.2, 0) is 0 Å². The highest BCUT2D eigenvalue weighted by atomic mass is 19.1. The van der Waals surface area contributed by atoms with E-state index in [1.165, 1.54) is 12.1 Å². The third-order valence-corrected chi connectivity index (χ3v) is 3.48. The van der Waals surface area contributed by atoms with Gasteiger partial charge in [-0.1, -0.05) is 25.0 Å². The van der Waals surface area contributed by atoms with Crippen molar-refractivity contribution in [3.05, 3.63) is 30.1 Å². The summed E-state index contributed by atoms with van der Waals surface area (Å²) in [7, 11) is 0. The average Bonchev–Trinajstić information content (AvgIpc) is 2.92. The Bertz CT molecular complexity index is 433. The SMILES string of the molecule is O=C(Nc1ccccc1F)N(CCO)C1CCCC1. The standard InChI is InChI=1S/C14H19FN2O2/c15-12-7-3-4-8-13(12)16-14(19)17(9-10-18)11-5-1-2-6-11/h3-4,7-8,11,18H,1-2,5-6,9-10H2,(H,16,19). The molecule has 0 aliphatic heterocycles. The second-order valence-electron chi connectivity index (χ2n) is 4.77. The average molecular weight is 266 g/mol. The molecule has 0 aromatic heterocycles. The van der Waals surface area contributed by atoms with Gasteiger partial charge in [-0.25, -0.2) is 9.18 Å². The summed E-state index contributed by atoms with van der Waals surface area (Å²) < 4.78 is 13.5. The Morgan fingerprint density at radius 3 is 2.68 bits per heavy atom. The van der Waals surface area contributed by atoms with E-state index in [0.717, 1.165) is 25.7 Å². The molecule has 0 heterocycles. The third-order valence-electron chi connectivity index (χ3n) is 3.48. The Kier molecular flexibility index (Phi) is 4.74. The van der Waals surface area contributed by atoms with Gasteiger partial charge in [-0.05, 0) is 25.0 Å².